The Labute approximate surface area is 76.2 Å². The van der Waals surface area contributed by atoms with E-state index in [0.717, 1.165) is 17.9 Å². The third kappa shape index (κ3) is 1.24. The van der Waals surface area contributed by atoms with Gasteiger partial charge in [-0.25, -0.2) is 4.98 Å². The molecule has 0 bridgehead atoms. The molecule has 4 heteroatoms. The summed E-state index contributed by atoms with van der Waals surface area (Å²) in [4.78, 5) is 8.49. The SMILES string of the molecule is CCc1nc(OC)cc2nccn12. The molecule has 2 aromatic rings. The lowest BCUT2D eigenvalue weighted by atomic mass is 10.4. The van der Waals surface area contributed by atoms with Crippen LogP contribution in [0.25, 0.3) is 5.65 Å². The summed E-state index contributed by atoms with van der Waals surface area (Å²) in [6.07, 6.45) is 4.53. The smallest absolute Gasteiger partial charge is 0.218 e. The zero-order valence-corrected chi connectivity index (χ0v) is 7.69. The molecular formula is C9H11N3O. The Bertz CT molecular complexity index is 422. The minimum Gasteiger partial charge on any atom is -0.481 e. The quantitative estimate of drug-likeness (QED) is 0.694. The highest BCUT2D eigenvalue weighted by atomic mass is 16.5. The maximum absolute atomic E-state index is 5.07. The molecule has 2 aromatic heterocycles. The second-order valence-electron chi connectivity index (χ2n) is 2.72. The molecule has 0 aliphatic rings. The van der Waals surface area contributed by atoms with E-state index in [1.54, 1.807) is 13.3 Å². The molecule has 0 radical (unpaired) electrons. The summed E-state index contributed by atoms with van der Waals surface area (Å²) in [6.45, 7) is 2.06. The van der Waals surface area contributed by atoms with Gasteiger partial charge in [0.1, 0.15) is 11.5 Å². The van der Waals surface area contributed by atoms with Crippen molar-refractivity contribution in [2.75, 3.05) is 7.11 Å². The molecule has 0 aliphatic heterocycles. The zero-order chi connectivity index (χ0) is 9.26. The minimum absolute atomic E-state index is 0.621. The standard InChI is InChI=1S/C9H11N3O/c1-3-7-11-9(13-2)6-8-10-4-5-12(7)8/h4-6H,3H2,1-2H3. The molecule has 13 heavy (non-hydrogen) atoms. The van der Waals surface area contributed by atoms with E-state index >= 15 is 0 Å². The molecule has 4 nitrogen and oxygen atoms in total. The van der Waals surface area contributed by atoms with Gasteiger partial charge in [-0.1, -0.05) is 6.92 Å². The van der Waals surface area contributed by atoms with E-state index in [0.29, 0.717) is 5.88 Å². The first-order valence-electron chi connectivity index (χ1n) is 4.22. The fraction of sp³-hybridized carbons (Fsp3) is 0.333. The van der Waals surface area contributed by atoms with Crippen molar-refractivity contribution < 1.29 is 4.74 Å². The van der Waals surface area contributed by atoms with E-state index < -0.39 is 0 Å². The van der Waals surface area contributed by atoms with Crippen LogP contribution in [-0.2, 0) is 6.42 Å². The summed E-state index contributed by atoms with van der Waals surface area (Å²) in [6, 6.07) is 1.82. The highest BCUT2D eigenvalue weighted by Gasteiger charge is 2.03. The lowest BCUT2D eigenvalue weighted by molar-refractivity contribution is 0.395. The van der Waals surface area contributed by atoms with Crippen LogP contribution < -0.4 is 4.74 Å². The average Bonchev–Trinajstić information content (AvgIpc) is 2.63. The summed E-state index contributed by atoms with van der Waals surface area (Å²) in [7, 11) is 1.61. The molecule has 2 heterocycles. The van der Waals surface area contributed by atoms with Crippen molar-refractivity contribution in [2.24, 2.45) is 0 Å². The van der Waals surface area contributed by atoms with Crippen molar-refractivity contribution in [3.05, 3.63) is 24.3 Å². The van der Waals surface area contributed by atoms with E-state index in [9.17, 15) is 0 Å². The van der Waals surface area contributed by atoms with Crippen molar-refractivity contribution in [3.8, 4) is 5.88 Å². The fourth-order valence-electron chi connectivity index (χ4n) is 1.32. The first kappa shape index (κ1) is 8.04. The van der Waals surface area contributed by atoms with Gasteiger partial charge in [0, 0.05) is 24.9 Å². The lowest BCUT2D eigenvalue weighted by Gasteiger charge is -2.04. The largest absolute Gasteiger partial charge is 0.481 e. The maximum Gasteiger partial charge on any atom is 0.218 e. The molecule has 0 saturated heterocycles. The Morgan fingerprint density at radius 1 is 1.54 bits per heavy atom. The Balaban J connectivity index is 2.70. The number of ether oxygens (including phenoxy) is 1. The number of hydrogen-bond acceptors (Lipinski definition) is 3. The normalized spacial score (nSPS) is 10.6. The molecule has 68 valence electrons. The Morgan fingerprint density at radius 2 is 2.38 bits per heavy atom. The molecule has 0 fully saturated rings. The molecule has 0 atom stereocenters. The Morgan fingerprint density at radius 3 is 3.08 bits per heavy atom. The number of aromatic nitrogens is 3. The van der Waals surface area contributed by atoms with Crippen molar-refractivity contribution in [3.63, 3.8) is 0 Å². The number of imidazole rings is 1. The minimum atomic E-state index is 0.621. The van der Waals surface area contributed by atoms with Crippen LogP contribution in [0.5, 0.6) is 5.88 Å². The fourth-order valence-corrected chi connectivity index (χ4v) is 1.32. The average molecular weight is 177 g/mol. The van der Waals surface area contributed by atoms with Gasteiger partial charge in [-0.2, -0.15) is 4.98 Å². The summed E-state index contributed by atoms with van der Waals surface area (Å²) in [5.74, 6) is 1.59. The third-order valence-corrected chi connectivity index (χ3v) is 1.96. The zero-order valence-electron chi connectivity index (χ0n) is 7.69. The molecule has 0 aliphatic carbocycles. The monoisotopic (exact) mass is 177 g/mol. The molecule has 0 aromatic carbocycles. The topological polar surface area (TPSA) is 39.4 Å². The predicted octanol–water partition coefficient (Wildman–Crippen LogP) is 1.30. The summed E-state index contributed by atoms with van der Waals surface area (Å²) in [5, 5.41) is 0. The number of hydrogen-bond donors (Lipinski definition) is 0. The van der Waals surface area contributed by atoms with Gasteiger partial charge in [0.15, 0.2) is 0 Å². The summed E-state index contributed by atoms with van der Waals surface area (Å²) >= 11 is 0. The number of nitrogens with zero attached hydrogens (tertiary/aromatic N) is 3. The van der Waals surface area contributed by atoms with Gasteiger partial charge < -0.3 is 4.74 Å². The van der Waals surface area contributed by atoms with E-state index in [4.69, 9.17) is 4.74 Å². The molecule has 0 unspecified atom stereocenters. The Hall–Kier alpha value is -1.58. The van der Waals surface area contributed by atoms with Crippen LogP contribution >= 0.6 is 0 Å². The molecule has 0 amide bonds. The highest BCUT2D eigenvalue weighted by molar-refractivity contribution is 5.42. The van der Waals surface area contributed by atoms with Crippen molar-refractivity contribution >= 4 is 5.65 Å². The van der Waals surface area contributed by atoms with E-state index in [2.05, 4.69) is 16.9 Å². The van der Waals surface area contributed by atoms with Crippen LogP contribution in [0.1, 0.15) is 12.7 Å². The van der Waals surface area contributed by atoms with Crippen LogP contribution in [0.2, 0.25) is 0 Å². The third-order valence-electron chi connectivity index (χ3n) is 1.96. The van der Waals surface area contributed by atoms with E-state index in [-0.39, 0.29) is 0 Å². The van der Waals surface area contributed by atoms with Gasteiger partial charge in [-0.05, 0) is 0 Å². The number of rotatable bonds is 2. The van der Waals surface area contributed by atoms with Gasteiger partial charge in [0.25, 0.3) is 0 Å². The van der Waals surface area contributed by atoms with Gasteiger partial charge >= 0.3 is 0 Å². The Kier molecular flexibility index (Phi) is 1.88. The first-order valence-corrected chi connectivity index (χ1v) is 4.22. The summed E-state index contributed by atoms with van der Waals surface area (Å²) < 4.78 is 7.03. The summed E-state index contributed by atoms with van der Waals surface area (Å²) in [5.41, 5.74) is 0.878. The predicted molar refractivity (Wildman–Crippen MR) is 48.9 cm³/mol. The molecule has 0 N–H and O–H groups in total. The number of methoxy groups -OCH3 is 1. The van der Waals surface area contributed by atoms with Gasteiger partial charge in [0.05, 0.1) is 7.11 Å². The van der Waals surface area contributed by atoms with Crippen LogP contribution in [0.4, 0.5) is 0 Å². The van der Waals surface area contributed by atoms with Crippen LogP contribution in [0, 0.1) is 0 Å². The molecule has 2 rings (SSSR count). The van der Waals surface area contributed by atoms with Crippen LogP contribution in [0.3, 0.4) is 0 Å². The highest BCUT2D eigenvalue weighted by Crippen LogP contribution is 2.12. The van der Waals surface area contributed by atoms with Crippen molar-refractivity contribution in [1.82, 2.24) is 14.4 Å². The molecular weight excluding hydrogens is 166 g/mol. The van der Waals surface area contributed by atoms with Crippen molar-refractivity contribution in [1.29, 1.82) is 0 Å². The second kappa shape index (κ2) is 3.05. The number of fused-ring (bicyclic) bond motifs is 1. The van der Waals surface area contributed by atoms with Gasteiger partial charge in [-0.3, -0.25) is 4.40 Å². The molecule has 0 saturated carbocycles. The number of aryl methyl sites for hydroxylation is 1. The van der Waals surface area contributed by atoms with Gasteiger partial charge in [-0.15, -0.1) is 0 Å². The van der Waals surface area contributed by atoms with Gasteiger partial charge in [0.2, 0.25) is 5.88 Å². The second-order valence-corrected chi connectivity index (χ2v) is 2.72. The van der Waals surface area contributed by atoms with E-state index in [1.807, 2.05) is 16.7 Å². The first-order chi connectivity index (χ1) is 6.35. The lowest BCUT2D eigenvalue weighted by Crippen LogP contribution is -2.00. The van der Waals surface area contributed by atoms with Crippen molar-refractivity contribution in [2.45, 2.75) is 13.3 Å². The van der Waals surface area contributed by atoms with Crippen LogP contribution in [0.15, 0.2) is 18.5 Å². The van der Waals surface area contributed by atoms with Crippen LogP contribution in [-0.4, -0.2) is 21.5 Å². The maximum atomic E-state index is 5.07. The van der Waals surface area contributed by atoms with E-state index in [1.165, 1.54) is 0 Å². The molecule has 0 spiro atoms.